The van der Waals surface area contributed by atoms with Crippen LogP contribution < -0.4 is 5.32 Å². The average Bonchev–Trinajstić information content (AvgIpc) is 3.28. The number of carbonyl (C=O) groups excluding carboxylic acids is 1. The Bertz CT molecular complexity index is 530. The summed E-state index contributed by atoms with van der Waals surface area (Å²) >= 11 is 0. The Morgan fingerprint density at radius 3 is 2.68 bits per heavy atom. The first kappa shape index (κ1) is 16.6. The molecule has 1 saturated carbocycles. The number of nitrogens with one attached hydrogen (secondary N) is 1. The molecule has 2 rings (SSSR count). The van der Waals surface area contributed by atoms with Crippen molar-refractivity contribution < 1.29 is 23.1 Å². The normalized spacial score (nSPS) is 16.2. The second kappa shape index (κ2) is 6.56. The zero-order valence-electron chi connectivity index (χ0n) is 12.2. The Morgan fingerprint density at radius 2 is 2.14 bits per heavy atom. The lowest BCUT2D eigenvalue weighted by atomic mass is 10.1. The predicted molar refractivity (Wildman–Crippen MR) is 75.2 cm³/mol. The Hall–Kier alpha value is -1.76. The maximum atomic E-state index is 12.7. The van der Waals surface area contributed by atoms with Gasteiger partial charge in [0.25, 0.3) is 0 Å². The lowest BCUT2D eigenvalue weighted by Gasteiger charge is -2.25. The molecule has 1 atom stereocenters. The van der Waals surface area contributed by atoms with Crippen LogP contribution in [0.2, 0.25) is 0 Å². The molecule has 0 spiro atoms. The van der Waals surface area contributed by atoms with Crippen LogP contribution in [0.5, 0.6) is 0 Å². The van der Waals surface area contributed by atoms with Gasteiger partial charge in [-0.15, -0.1) is 0 Å². The summed E-state index contributed by atoms with van der Waals surface area (Å²) in [6.45, 7) is 1.73. The maximum Gasteiger partial charge on any atom is 0.416 e. The molecule has 1 aromatic rings. The zero-order chi connectivity index (χ0) is 16.3. The van der Waals surface area contributed by atoms with Gasteiger partial charge in [-0.1, -0.05) is 12.1 Å². The highest BCUT2D eigenvalue weighted by Gasteiger charge is 2.33. The van der Waals surface area contributed by atoms with Gasteiger partial charge in [-0.3, -0.25) is 0 Å². The molecule has 0 saturated heterocycles. The quantitative estimate of drug-likeness (QED) is 0.877. The first-order chi connectivity index (χ1) is 10.3. The molecule has 1 aromatic carbocycles. The molecule has 1 unspecified atom stereocenters. The van der Waals surface area contributed by atoms with Gasteiger partial charge in [0.2, 0.25) is 0 Å². The number of hydrogen-bond acceptors (Lipinski definition) is 2. The van der Waals surface area contributed by atoms with Gasteiger partial charge in [0, 0.05) is 12.6 Å². The minimum absolute atomic E-state index is 0.126. The number of nitrogens with zero attached hydrogens (tertiary/aromatic N) is 1. The lowest BCUT2D eigenvalue weighted by Crippen LogP contribution is -2.43. The van der Waals surface area contributed by atoms with Crippen molar-refractivity contribution in [2.75, 3.05) is 13.2 Å². The molecule has 4 nitrogen and oxygen atoms in total. The SMILES string of the molecule is CC(NC(=O)N(CCO)C1CC1)c1cccc(C(F)(F)F)c1. The van der Waals surface area contributed by atoms with Crippen LogP contribution in [-0.4, -0.2) is 35.2 Å². The van der Waals surface area contributed by atoms with E-state index in [1.165, 1.54) is 11.0 Å². The van der Waals surface area contributed by atoms with Crippen molar-refractivity contribution >= 4 is 6.03 Å². The fourth-order valence-corrected chi connectivity index (χ4v) is 2.28. The molecule has 22 heavy (non-hydrogen) atoms. The molecule has 0 radical (unpaired) electrons. The molecule has 0 aliphatic heterocycles. The van der Waals surface area contributed by atoms with Gasteiger partial charge in [-0.05, 0) is 37.5 Å². The van der Waals surface area contributed by atoms with Gasteiger partial charge >= 0.3 is 12.2 Å². The number of benzene rings is 1. The van der Waals surface area contributed by atoms with Crippen LogP contribution in [0.1, 0.15) is 36.9 Å². The molecule has 122 valence electrons. The molecule has 0 bridgehead atoms. The standard InChI is InChI=1S/C15H19F3N2O2/c1-10(11-3-2-4-12(9-11)15(16,17)18)19-14(22)20(7-8-21)13-5-6-13/h2-4,9-10,13,21H,5-8H2,1H3,(H,19,22). The Balaban J connectivity index is 2.05. The van der Waals surface area contributed by atoms with Crippen LogP contribution in [0.25, 0.3) is 0 Å². The third-order valence-corrected chi connectivity index (χ3v) is 3.64. The van der Waals surface area contributed by atoms with Crippen LogP contribution in [0.4, 0.5) is 18.0 Å². The van der Waals surface area contributed by atoms with Crippen LogP contribution >= 0.6 is 0 Å². The van der Waals surface area contributed by atoms with Crippen LogP contribution in [-0.2, 0) is 6.18 Å². The number of carbonyl (C=O) groups is 1. The van der Waals surface area contributed by atoms with Crippen molar-refractivity contribution in [2.24, 2.45) is 0 Å². The molecular weight excluding hydrogens is 297 g/mol. The molecule has 2 amide bonds. The van der Waals surface area contributed by atoms with Crippen molar-refractivity contribution in [1.82, 2.24) is 10.2 Å². The Morgan fingerprint density at radius 1 is 1.45 bits per heavy atom. The van der Waals surface area contributed by atoms with E-state index in [0.29, 0.717) is 5.56 Å². The Kier molecular flexibility index (Phi) is 4.95. The number of aliphatic hydroxyl groups excluding tert-OH is 1. The minimum atomic E-state index is -4.41. The highest BCUT2D eigenvalue weighted by atomic mass is 19.4. The predicted octanol–water partition coefficient (Wildman–Crippen LogP) is 2.93. The molecule has 0 aromatic heterocycles. The monoisotopic (exact) mass is 316 g/mol. The van der Waals surface area contributed by atoms with E-state index in [-0.39, 0.29) is 25.2 Å². The fraction of sp³-hybridized carbons (Fsp3) is 0.533. The van der Waals surface area contributed by atoms with E-state index in [1.807, 2.05) is 0 Å². The zero-order valence-corrected chi connectivity index (χ0v) is 12.2. The topological polar surface area (TPSA) is 52.6 Å². The summed E-state index contributed by atoms with van der Waals surface area (Å²) < 4.78 is 38.1. The van der Waals surface area contributed by atoms with E-state index in [1.54, 1.807) is 13.0 Å². The van der Waals surface area contributed by atoms with E-state index in [9.17, 15) is 18.0 Å². The van der Waals surface area contributed by atoms with Crippen molar-refractivity contribution in [3.05, 3.63) is 35.4 Å². The van der Waals surface area contributed by atoms with Crippen LogP contribution in [0.15, 0.2) is 24.3 Å². The second-order valence-electron chi connectivity index (χ2n) is 5.44. The van der Waals surface area contributed by atoms with Gasteiger partial charge in [-0.25, -0.2) is 4.79 Å². The summed E-state index contributed by atoms with van der Waals surface area (Å²) in [5.74, 6) is 0. The van der Waals surface area contributed by atoms with Crippen molar-refractivity contribution in [1.29, 1.82) is 0 Å². The number of amides is 2. The number of halogens is 3. The number of aliphatic hydroxyl groups is 1. The molecule has 1 aliphatic rings. The summed E-state index contributed by atoms with van der Waals surface area (Å²) in [6.07, 6.45) is -2.62. The summed E-state index contributed by atoms with van der Waals surface area (Å²) in [5, 5.41) is 11.7. The van der Waals surface area contributed by atoms with Crippen molar-refractivity contribution in [2.45, 2.75) is 38.0 Å². The third kappa shape index (κ3) is 4.13. The van der Waals surface area contributed by atoms with Crippen LogP contribution in [0, 0.1) is 0 Å². The molecule has 0 heterocycles. The van der Waals surface area contributed by atoms with Crippen molar-refractivity contribution in [3.63, 3.8) is 0 Å². The van der Waals surface area contributed by atoms with Gasteiger partial charge in [-0.2, -0.15) is 13.2 Å². The number of alkyl halides is 3. The van der Waals surface area contributed by atoms with Crippen LogP contribution in [0.3, 0.4) is 0 Å². The number of rotatable bonds is 5. The van der Waals surface area contributed by atoms with E-state index in [4.69, 9.17) is 5.11 Å². The van der Waals surface area contributed by atoms with Gasteiger partial charge in [0.15, 0.2) is 0 Å². The minimum Gasteiger partial charge on any atom is -0.395 e. The molecule has 1 aliphatic carbocycles. The largest absolute Gasteiger partial charge is 0.416 e. The average molecular weight is 316 g/mol. The first-order valence-corrected chi connectivity index (χ1v) is 7.18. The fourth-order valence-electron chi connectivity index (χ4n) is 2.28. The summed E-state index contributed by atoms with van der Waals surface area (Å²) in [7, 11) is 0. The van der Waals surface area contributed by atoms with E-state index in [0.717, 1.165) is 25.0 Å². The smallest absolute Gasteiger partial charge is 0.395 e. The highest BCUT2D eigenvalue weighted by molar-refractivity contribution is 5.75. The molecular formula is C15H19F3N2O2. The highest BCUT2D eigenvalue weighted by Crippen LogP contribution is 2.31. The van der Waals surface area contributed by atoms with Gasteiger partial charge in [0.05, 0.1) is 18.2 Å². The number of urea groups is 1. The molecule has 1 fully saturated rings. The summed E-state index contributed by atoms with van der Waals surface area (Å²) in [6, 6.07) is 4.14. The lowest BCUT2D eigenvalue weighted by molar-refractivity contribution is -0.137. The van der Waals surface area contributed by atoms with Crippen molar-refractivity contribution in [3.8, 4) is 0 Å². The maximum absolute atomic E-state index is 12.7. The molecule has 2 N–H and O–H groups in total. The Labute approximate surface area is 126 Å². The number of hydrogen-bond donors (Lipinski definition) is 2. The third-order valence-electron chi connectivity index (χ3n) is 3.64. The van der Waals surface area contributed by atoms with E-state index >= 15 is 0 Å². The van der Waals surface area contributed by atoms with E-state index < -0.39 is 17.8 Å². The summed E-state index contributed by atoms with van der Waals surface area (Å²) in [5.41, 5.74) is -0.344. The van der Waals surface area contributed by atoms with E-state index in [2.05, 4.69) is 5.32 Å². The second-order valence-corrected chi connectivity index (χ2v) is 5.44. The molecule has 7 heteroatoms. The summed E-state index contributed by atoms with van der Waals surface area (Å²) in [4.78, 5) is 13.7. The van der Waals surface area contributed by atoms with Gasteiger partial charge in [0.1, 0.15) is 0 Å². The van der Waals surface area contributed by atoms with Gasteiger partial charge < -0.3 is 15.3 Å². The first-order valence-electron chi connectivity index (χ1n) is 7.18.